The Balaban J connectivity index is 2.37. The number of rotatable bonds is 8. The van der Waals surface area contributed by atoms with Crippen LogP contribution >= 0.6 is 0 Å². The molecule has 0 radical (unpaired) electrons. The van der Waals surface area contributed by atoms with Gasteiger partial charge in [0, 0.05) is 18.2 Å². The van der Waals surface area contributed by atoms with Crippen LogP contribution in [0.1, 0.15) is 25.3 Å². The van der Waals surface area contributed by atoms with Crippen LogP contribution in [0.5, 0.6) is 0 Å². The van der Waals surface area contributed by atoms with Crippen LogP contribution in [0.4, 0.5) is 11.4 Å². The van der Waals surface area contributed by atoms with E-state index in [0.717, 1.165) is 6.42 Å². The van der Waals surface area contributed by atoms with E-state index in [0.29, 0.717) is 18.7 Å². The standard InChI is InChI=1S/C17H20N2O4S/c1-2-3-13-18(16-10-5-4-6-11-16)24(22,23)14-15-9-7-8-12-17(15)19(20)21/h4-12H,2-3,13-14H2,1H3. The van der Waals surface area contributed by atoms with E-state index in [1.165, 1.54) is 22.5 Å². The Labute approximate surface area is 141 Å². The number of hydrogen-bond acceptors (Lipinski definition) is 4. The largest absolute Gasteiger partial charge is 0.273 e. The van der Waals surface area contributed by atoms with E-state index in [9.17, 15) is 18.5 Å². The van der Waals surface area contributed by atoms with Crippen LogP contribution in [0.3, 0.4) is 0 Å². The number of anilines is 1. The minimum atomic E-state index is -3.73. The maximum absolute atomic E-state index is 12.9. The fraction of sp³-hybridized carbons (Fsp3) is 0.294. The summed E-state index contributed by atoms with van der Waals surface area (Å²) in [5, 5.41) is 11.1. The molecule has 0 amide bonds. The molecule has 0 bridgehead atoms. The lowest BCUT2D eigenvalue weighted by atomic mass is 10.2. The maximum atomic E-state index is 12.9. The number of nitro benzene ring substituents is 1. The summed E-state index contributed by atoms with van der Waals surface area (Å²) in [5.41, 5.74) is 0.592. The van der Waals surface area contributed by atoms with Gasteiger partial charge < -0.3 is 0 Å². The Hall–Kier alpha value is -2.41. The second kappa shape index (κ2) is 7.92. The van der Waals surface area contributed by atoms with Crippen LogP contribution in [0.25, 0.3) is 0 Å². The van der Waals surface area contributed by atoms with Crippen LogP contribution in [-0.2, 0) is 15.8 Å². The zero-order valence-corrected chi connectivity index (χ0v) is 14.3. The van der Waals surface area contributed by atoms with Crippen LogP contribution in [0, 0.1) is 10.1 Å². The van der Waals surface area contributed by atoms with E-state index in [1.54, 1.807) is 30.3 Å². The van der Waals surface area contributed by atoms with Crippen molar-refractivity contribution in [2.45, 2.75) is 25.5 Å². The van der Waals surface area contributed by atoms with Gasteiger partial charge in [-0.3, -0.25) is 14.4 Å². The number of sulfonamides is 1. The van der Waals surface area contributed by atoms with Crippen molar-refractivity contribution in [2.75, 3.05) is 10.8 Å². The molecule has 0 heterocycles. The van der Waals surface area contributed by atoms with Gasteiger partial charge in [0.25, 0.3) is 5.69 Å². The molecular formula is C17H20N2O4S. The van der Waals surface area contributed by atoms with Gasteiger partial charge in [0.15, 0.2) is 0 Å². The number of hydrogen-bond donors (Lipinski definition) is 0. The van der Waals surface area contributed by atoms with Gasteiger partial charge in [-0.15, -0.1) is 0 Å². The molecule has 0 aliphatic heterocycles. The second-order valence-corrected chi connectivity index (χ2v) is 7.30. The fourth-order valence-electron chi connectivity index (χ4n) is 2.41. The molecule has 128 valence electrons. The third-order valence-electron chi connectivity index (χ3n) is 3.62. The average molecular weight is 348 g/mol. The van der Waals surface area contributed by atoms with Crippen molar-refractivity contribution in [1.29, 1.82) is 0 Å². The van der Waals surface area contributed by atoms with Crippen LogP contribution in [0.2, 0.25) is 0 Å². The normalized spacial score (nSPS) is 11.2. The minimum absolute atomic E-state index is 0.176. The highest BCUT2D eigenvalue weighted by atomic mass is 32.2. The molecular weight excluding hydrogens is 328 g/mol. The first-order chi connectivity index (χ1) is 11.5. The lowest BCUT2D eigenvalue weighted by molar-refractivity contribution is -0.385. The van der Waals surface area contributed by atoms with Crippen LogP contribution in [0.15, 0.2) is 54.6 Å². The molecule has 0 fully saturated rings. The van der Waals surface area contributed by atoms with E-state index >= 15 is 0 Å². The number of nitro groups is 1. The Bertz CT molecular complexity index is 791. The third kappa shape index (κ3) is 4.32. The smallest absolute Gasteiger partial charge is 0.270 e. The van der Waals surface area contributed by atoms with Gasteiger partial charge in [-0.1, -0.05) is 49.7 Å². The van der Waals surface area contributed by atoms with Gasteiger partial charge in [0.1, 0.15) is 5.75 Å². The molecule has 0 aromatic heterocycles. The Morgan fingerprint density at radius 2 is 1.67 bits per heavy atom. The molecule has 2 aromatic carbocycles. The van der Waals surface area contributed by atoms with Gasteiger partial charge in [-0.25, -0.2) is 8.42 Å². The number of unbranched alkanes of at least 4 members (excludes halogenated alkanes) is 1. The molecule has 0 spiro atoms. The van der Waals surface area contributed by atoms with Crippen molar-refractivity contribution in [1.82, 2.24) is 0 Å². The zero-order chi connectivity index (χ0) is 17.6. The first-order valence-electron chi connectivity index (χ1n) is 7.73. The summed E-state index contributed by atoms with van der Waals surface area (Å²) in [6.07, 6.45) is 1.56. The first-order valence-corrected chi connectivity index (χ1v) is 9.34. The van der Waals surface area contributed by atoms with Gasteiger partial charge >= 0.3 is 0 Å². The highest BCUT2D eigenvalue weighted by Gasteiger charge is 2.26. The molecule has 0 saturated carbocycles. The molecule has 0 aliphatic rings. The fourth-order valence-corrected chi connectivity index (χ4v) is 4.05. The molecule has 0 aliphatic carbocycles. The lowest BCUT2D eigenvalue weighted by Gasteiger charge is -2.24. The molecule has 0 saturated heterocycles. The average Bonchev–Trinajstić information content (AvgIpc) is 2.56. The summed E-state index contributed by atoms with van der Waals surface area (Å²) in [7, 11) is -3.73. The Morgan fingerprint density at radius 1 is 1.04 bits per heavy atom. The Morgan fingerprint density at radius 3 is 2.29 bits per heavy atom. The molecule has 24 heavy (non-hydrogen) atoms. The van der Waals surface area contributed by atoms with Gasteiger partial charge in [0.05, 0.1) is 10.6 Å². The van der Waals surface area contributed by atoms with Gasteiger partial charge in [-0.2, -0.15) is 0 Å². The van der Waals surface area contributed by atoms with Gasteiger partial charge in [0.2, 0.25) is 10.0 Å². The van der Waals surface area contributed by atoms with Crippen molar-refractivity contribution >= 4 is 21.4 Å². The summed E-state index contributed by atoms with van der Waals surface area (Å²) in [4.78, 5) is 10.6. The van der Waals surface area contributed by atoms with Crippen molar-refractivity contribution in [3.8, 4) is 0 Å². The molecule has 6 nitrogen and oxygen atoms in total. The third-order valence-corrected chi connectivity index (χ3v) is 5.36. The first kappa shape index (κ1) is 17.9. The lowest BCUT2D eigenvalue weighted by Crippen LogP contribution is -2.33. The van der Waals surface area contributed by atoms with E-state index < -0.39 is 20.7 Å². The van der Waals surface area contributed by atoms with Crippen LogP contribution < -0.4 is 4.31 Å². The van der Waals surface area contributed by atoms with E-state index in [-0.39, 0.29) is 11.3 Å². The van der Waals surface area contributed by atoms with E-state index in [4.69, 9.17) is 0 Å². The number of nitrogens with zero attached hydrogens (tertiary/aromatic N) is 2. The summed E-state index contributed by atoms with van der Waals surface area (Å²) >= 11 is 0. The number of para-hydroxylation sites is 2. The summed E-state index contributed by atoms with van der Waals surface area (Å²) in [6.45, 7) is 2.33. The molecule has 7 heteroatoms. The predicted octanol–water partition coefficient (Wildman–Crippen LogP) is 3.73. The Kier molecular flexibility index (Phi) is 5.92. The maximum Gasteiger partial charge on any atom is 0.273 e. The van der Waals surface area contributed by atoms with Crippen molar-refractivity contribution in [3.05, 3.63) is 70.3 Å². The van der Waals surface area contributed by atoms with Crippen molar-refractivity contribution in [2.24, 2.45) is 0 Å². The van der Waals surface area contributed by atoms with Gasteiger partial charge in [-0.05, 0) is 18.6 Å². The highest BCUT2D eigenvalue weighted by Crippen LogP contribution is 2.25. The zero-order valence-electron chi connectivity index (χ0n) is 13.5. The van der Waals surface area contributed by atoms with E-state index in [2.05, 4.69) is 0 Å². The molecule has 0 atom stereocenters. The van der Waals surface area contributed by atoms with Crippen molar-refractivity contribution < 1.29 is 13.3 Å². The second-order valence-electron chi connectivity index (χ2n) is 5.40. The SMILES string of the molecule is CCCCN(c1ccccc1)S(=O)(=O)Cc1ccccc1[N+](=O)[O-]. The molecule has 0 unspecified atom stereocenters. The topological polar surface area (TPSA) is 80.5 Å². The number of benzene rings is 2. The summed E-state index contributed by atoms with van der Waals surface area (Å²) < 4.78 is 27.1. The molecule has 2 aromatic rings. The molecule has 0 N–H and O–H groups in total. The predicted molar refractivity (Wildman–Crippen MR) is 94.4 cm³/mol. The summed E-state index contributed by atoms with van der Waals surface area (Å²) in [6, 6.07) is 14.8. The highest BCUT2D eigenvalue weighted by molar-refractivity contribution is 7.92. The minimum Gasteiger partial charge on any atom is -0.270 e. The summed E-state index contributed by atoms with van der Waals surface area (Å²) in [5.74, 6) is -0.400. The van der Waals surface area contributed by atoms with Crippen LogP contribution in [-0.4, -0.2) is 19.9 Å². The van der Waals surface area contributed by atoms with E-state index in [1.807, 2.05) is 13.0 Å². The monoisotopic (exact) mass is 348 g/mol. The quantitative estimate of drug-likeness (QED) is 0.538. The van der Waals surface area contributed by atoms with Crippen molar-refractivity contribution in [3.63, 3.8) is 0 Å². The molecule has 2 rings (SSSR count).